The zero-order chi connectivity index (χ0) is 25.8. The molecule has 3 rings (SSSR count). The first kappa shape index (κ1) is 26.8. The zero-order valence-corrected chi connectivity index (χ0v) is 21.9. The van der Waals surface area contributed by atoms with Crippen molar-refractivity contribution < 1.29 is 18.0 Å². The van der Waals surface area contributed by atoms with Crippen molar-refractivity contribution in [2.75, 3.05) is 17.7 Å². The second kappa shape index (κ2) is 11.3. The molecule has 2 aromatic carbocycles. The Morgan fingerprint density at radius 1 is 1.14 bits per heavy atom. The normalized spacial score (nSPS) is 17.0. The van der Waals surface area contributed by atoms with Crippen molar-refractivity contribution in [2.24, 2.45) is 10.9 Å². The molecule has 2 unspecified atom stereocenters. The standard InChI is InChI=1S/C25H31ClN4O4S/c1-5-14-35(33,34)29-20(15-16(2)3)24(31)28-23-25(32)30(4)21-9-7-6-8-19(21)22(27-23)17-10-12-18(26)13-11-17/h6-13,16,20,23,29H,5,14-15H2,1-4H3,(H,28,31). The number of hydrogen-bond acceptors (Lipinski definition) is 5. The van der Waals surface area contributed by atoms with Gasteiger partial charge in [0.1, 0.15) is 6.04 Å². The highest BCUT2D eigenvalue weighted by Gasteiger charge is 2.33. The van der Waals surface area contributed by atoms with Gasteiger partial charge in [-0.15, -0.1) is 0 Å². The topological polar surface area (TPSA) is 108 Å². The van der Waals surface area contributed by atoms with Gasteiger partial charge in [0.2, 0.25) is 22.1 Å². The van der Waals surface area contributed by atoms with Gasteiger partial charge in [-0.1, -0.05) is 62.7 Å². The Hall–Kier alpha value is -2.75. The second-order valence-electron chi connectivity index (χ2n) is 8.93. The summed E-state index contributed by atoms with van der Waals surface area (Å²) in [4.78, 5) is 32.7. The van der Waals surface area contributed by atoms with E-state index in [1.54, 1.807) is 38.2 Å². The van der Waals surface area contributed by atoms with E-state index in [0.717, 1.165) is 11.1 Å². The maximum absolute atomic E-state index is 13.4. The van der Waals surface area contributed by atoms with Gasteiger partial charge in [0.15, 0.2) is 0 Å². The molecule has 0 spiro atoms. The molecule has 0 aliphatic carbocycles. The Morgan fingerprint density at radius 3 is 2.43 bits per heavy atom. The Morgan fingerprint density at radius 2 is 1.80 bits per heavy atom. The number of nitrogens with zero attached hydrogens (tertiary/aromatic N) is 2. The lowest BCUT2D eigenvalue weighted by Gasteiger charge is -2.24. The number of para-hydroxylation sites is 1. The molecule has 188 valence electrons. The predicted molar refractivity (Wildman–Crippen MR) is 139 cm³/mol. The SMILES string of the molecule is CCCS(=O)(=O)NC(CC(C)C)C(=O)NC1N=C(c2ccc(Cl)cc2)c2ccccc2N(C)C1=O. The average Bonchev–Trinajstić information content (AvgIpc) is 2.89. The Balaban J connectivity index is 2.00. The molecular weight excluding hydrogens is 488 g/mol. The second-order valence-corrected chi connectivity index (χ2v) is 11.2. The summed E-state index contributed by atoms with van der Waals surface area (Å²) in [6.07, 6.45) is -0.542. The van der Waals surface area contributed by atoms with Crippen molar-refractivity contribution in [1.29, 1.82) is 0 Å². The molecule has 1 aliphatic heterocycles. The number of aliphatic imine (C=N–C) groups is 1. The Labute approximate surface area is 211 Å². The van der Waals surface area contributed by atoms with Crippen molar-refractivity contribution in [2.45, 2.75) is 45.8 Å². The summed E-state index contributed by atoms with van der Waals surface area (Å²) in [5.41, 5.74) is 2.62. The van der Waals surface area contributed by atoms with Crippen molar-refractivity contribution in [3.63, 3.8) is 0 Å². The van der Waals surface area contributed by atoms with Crippen molar-refractivity contribution >= 4 is 44.8 Å². The third-order valence-electron chi connectivity index (χ3n) is 5.56. The van der Waals surface area contributed by atoms with Crippen LogP contribution in [0.2, 0.25) is 5.02 Å². The highest BCUT2D eigenvalue weighted by atomic mass is 35.5. The average molecular weight is 519 g/mol. The van der Waals surface area contributed by atoms with Crippen LogP contribution in [-0.4, -0.2) is 51.0 Å². The molecule has 2 aromatic rings. The quantitative estimate of drug-likeness (QED) is 0.530. The lowest BCUT2D eigenvalue weighted by Crippen LogP contribution is -2.53. The number of hydrogen-bond donors (Lipinski definition) is 2. The van der Waals surface area contributed by atoms with Crippen LogP contribution < -0.4 is 14.9 Å². The summed E-state index contributed by atoms with van der Waals surface area (Å²) in [5.74, 6) is -1.08. The molecule has 2 N–H and O–H groups in total. The molecule has 2 amide bonds. The number of rotatable bonds is 9. The maximum atomic E-state index is 13.4. The van der Waals surface area contributed by atoms with E-state index >= 15 is 0 Å². The smallest absolute Gasteiger partial charge is 0.272 e. The molecule has 0 saturated carbocycles. The summed E-state index contributed by atoms with van der Waals surface area (Å²) in [7, 11) is -2.03. The number of anilines is 1. The number of nitrogens with one attached hydrogen (secondary N) is 2. The van der Waals surface area contributed by atoms with E-state index in [-0.39, 0.29) is 18.1 Å². The highest BCUT2D eigenvalue weighted by Crippen LogP contribution is 2.27. The summed E-state index contributed by atoms with van der Waals surface area (Å²) < 4.78 is 27.3. The number of amides is 2. The van der Waals surface area contributed by atoms with Crippen LogP contribution in [0.4, 0.5) is 5.69 Å². The van der Waals surface area contributed by atoms with Crippen LogP contribution in [0.5, 0.6) is 0 Å². The molecule has 1 heterocycles. The first-order valence-electron chi connectivity index (χ1n) is 11.5. The number of likely N-dealkylation sites (N-methyl/N-ethyl adjacent to an activating group) is 1. The summed E-state index contributed by atoms with van der Waals surface area (Å²) in [6.45, 7) is 5.54. The van der Waals surface area contributed by atoms with Gasteiger partial charge >= 0.3 is 0 Å². The third kappa shape index (κ3) is 6.68. The fraction of sp³-hybridized carbons (Fsp3) is 0.400. The van der Waals surface area contributed by atoms with Crippen LogP contribution >= 0.6 is 11.6 Å². The maximum Gasteiger partial charge on any atom is 0.272 e. The zero-order valence-electron chi connectivity index (χ0n) is 20.3. The van der Waals surface area contributed by atoms with E-state index in [0.29, 0.717) is 22.8 Å². The molecule has 0 fully saturated rings. The minimum atomic E-state index is -3.65. The number of sulfonamides is 1. The third-order valence-corrected chi connectivity index (χ3v) is 7.40. The fourth-order valence-electron chi connectivity index (χ4n) is 3.91. The molecular formula is C25H31ClN4O4S. The molecule has 2 atom stereocenters. The van der Waals surface area contributed by atoms with E-state index in [4.69, 9.17) is 11.6 Å². The largest absolute Gasteiger partial charge is 0.325 e. The van der Waals surface area contributed by atoms with Gasteiger partial charge in [0.25, 0.3) is 5.91 Å². The van der Waals surface area contributed by atoms with E-state index in [2.05, 4.69) is 15.0 Å². The number of carbonyl (C=O) groups is 2. The van der Waals surface area contributed by atoms with E-state index < -0.39 is 34.0 Å². The van der Waals surface area contributed by atoms with Gasteiger partial charge in [-0.25, -0.2) is 18.1 Å². The van der Waals surface area contributed by atoms with Crippen LogP contribution in [-0.2, 0) is 19.6 Å². The monoisotopic (exact) mass is 518 g/mol. The fourth-order valence-corrected chi connectivity index (χ4v) is 5.33. The van der Waals surface area contributed by atoms with Gasteiger partial charge in [0.05, 0.1) is 17.2 Å². The lowest BCUT2D eigenvalue weighted by atomic mass is 10.0. The lowest BCUT2D eigenvalue weighted by molar-refractivity contribution is -0.128. The number of carbonyl (C=O) groups excluding carboxylic acids is 2. The molecule has 10 heteroatoms. The minimum absolute atomic E-state index is 0.0416. The van der Waals surface area contributed by atoms with Crippen LogP contribution in [0.25, 0.3) is 0 Å². The number of benzene rings is 2. The first-order valence-corrected chi connectivity index (χ1v) is 13.6. The summed E-state index contributed by atoms with van der Waals surface area (Å²) in [6, 6.07) is 13.4. The Bertz CT molecular complexity index is 1210. The molecule has 0 radical (unpaired) electrons. The summed E-state index contributed by atoms with van der Waals surface area (Å²) in [5, 5.41) is 3.24. The number of halogens is 1. The first-order chi connectivity index (χ1) is 16.5. The molecule has 0 saturated heterocycles. The highest BCUT2D eigenvalue weighted by molar-refractivity contribution is 7.89. The summed E-state index contributed by atoms with van der Waals surface area (Å²) >= 11 is 6.06. The van der Waals surface area contributed by atoms with Gasteiger partial charge in [-0.2, -0.15) is 0 Å². The molecule has 0 bridgehead atoms. The van der Waals surface area contributed by atoms with Crippen LogP contribution in [0.3, 0.4) is 0 Å². The molecule has 1 aliphatic rings. The van der Waals surface area contributed by atoms with Crippen LogP contribution in [0, 0.1) is 5.92 Å². The van der Waals surface area contributed by atoms with E-state index in [1.165, 1.54) is 4.90 Å². The predicted octanol–water partition coefficient (Wildman–Crippen LogP) is 3.34. The van der Waals surface area contributed by atoms with E-state index in [9.17, 15) is 18.0 Å². The van der Waals surface area contributed by atoms with Crippen molar-refractivity contribution in [3.8, 4) is 0 Å². The molecule has 35 heavy (non-hydrogen) atoms. The molecule has 0 aromatic heterocycles. The Kier molecular flexibility index (Phi) is 8.69. The van der Waals surface area contributed by atoms with Gasteiger partial charge < -0.3 is 10.2 Å². The minimum Gasteiger partial charge on any atom is -0.325 e. The van der Waals surface area contributed by atoms with E-state index in [1.807, 2.05) is 38.1 Å². The van der Waals surface area contributed by atoms with Gasteiger partial charge in [0, 0.05) is 23.2 Å². The molecule has 8 nitrogen and oxygen atoms in total. The number of fused-ring (bicyclic) bond motifs is 1. The van der Waals surface area contributed by atoms with Crippen molar-refractivity contribution in [3.05, 3.63) is 64.7 Å². The number of benzodiazepines with no additional fused rings is 1. The van der Waals surface area contributed by atoms with Gasteiger partial charge in [-0.3, -0.25) is 9.59 Å². The van der Waals surface area contributed by atoms with Gasteiger partial charge in [-0.05, 0) is 37.0 Å². The van der Waals surface area contributed by atoms with Crippen LogP contribution in [0.1, 0.15) is 44.7 Å². The van der Waals surface area contributed by atoms with Crippen molar-refractivity contribution in [1.82, 2.24) is 10.0 Å². The van der Waals surface area contributed by atoms with Crippen LogP contribution in [0.15, 0.2) is 53.5 Å².